The van der Waals surface area contributed by atoms with Crippen LogP contribution < -0.4 is 5.73 Å². The number of fused-ring (bicyclic) bond motifs is 2. The average Bonchev–Trinajstić information content (AvgIpc) is 3.05. The molecule has 160 valence electrons. The summed E-state index contributed by atoms with van der Waals surface area (Å²) in [5, 5.41) is 20.2. The molecule has 4 rings (SSSR count). The highest BCUT2D eigenvalue weighted by Crippen LogP contribution is 2.52. The van der Waals surface area contributed by atoms with Crippen molar-refractivity contribution in [3.63, 3.8) is 0 Å². The Balaban J connectivity index is 1.68. The van der Waals surface area contributed by atoms with Crippen LogP contribution in [0.1, 0.15) is 65.2 Å². The summed E-state index contributed by atoms with van der Waals surface area (Å²) in [6.07, 6.45) is 11.9. The van der Waals surface area contributed by atoms with Gasteiger partial charge in [-0.25, -0.2) is 0 Å². The summed E-state index contributed by atoms with van der Waals surface area (Å²) in [5.74, 6) is -0.546. The van der Waals surface area contributed by atoms with Gasteiger partial charge in [0.25, 0.3) is 0 Å². The first-order chi connectivity index (χ1) is 13.8. The molecule has 2 bridgehead atoms. The Morgan fingerprint density at radius 2 is 2.00 bits per heavy atom. The maximum atomic E-state index is 12.4. The molecule has 0 aromatic carbocycles. The van der Waals surface area contributed by atoms with Crippen molar-refractivity contribution in [2.45, 2.75) is 76.9 Å². The summed E-state index contributed by atoms with van der Waals surface area (Å²) < 4.78 is 6.12. The van der Waals surface area contributed by atoms with E-state index in [-0.39, 0.29) is 37.1 Å². The molecule has 4 unspecified atom stereocenters. The minimum Gasteiger partial charge on any atom is -0.396 e. The van der Waals surface area contributed by atoms with Gasteiger partial charge in [-0.3, -0.25) is 4.79 Å². The molecule has 2 heterocycles. The number of primary amides is 1. The van der Waals surface area contributed by atoms with E-state index in [4.69, 9.17) is 10.5 Å². The third-order valence-corrected chi connectivity index (χ3v) is 7.86. The van der Waals surface area contributed by atoms with Gasteiger partial charge in [0.2, 0.25) is 5.91 Å². The molecule has 1 amide bonds. The number of nitrogens with two attached hydrogens (primary N) is 1. The van der Waals surface area contributed by atoms with Gasteiger partial charge < -0.3 is 20.7 Å². The molecular formula is C24H35NO4. The molecule has 4 aliphatic rings. The highest BCUT2D eigenvalue weighted by molar-refractivity contribution is 5.96. The first-order valence-corrected chi connectivity index (χ1v) is 11.1. The van der Waals surface area contributed by atoms with Crippen LogP contribution >= 0.6 is 0 Å². The lowest BCUT2D eigenvalue weighted by molar-refractivity contribution is -0.165. The standard InChI is InChI=1S/C24H35NO4/c1-23(2)8-5-15(6-9-23)16-3-4-18(20(11-16)22(25)28)19-12-17-7-10-24(14-27,29-17)21(19)13-26/h5,11,17,19,21,26-27H,3-4,6-10,12-14H2,1-2H3,(H2,25,28). The van der Waals surface area contributed by atoms with Crippen molar-refractivity contribution in [2.75, 3.05) is 13.2 Å². The van der Waals surface area contributed by atoms with E-state index in [9.17, 15) is 15.0 Å². The predicted octanol–water partition coefficient (Wildman–Crippen LogP) is 3.16. The lowest BCUT2D eigenvalue weighted by Gasteiger charge is -2.45. The minimum absolute atomic E-state index is 0.0352. The zero-order valence-corrected chi connectivity index (χ0v) is 17.7. The highest BCUT2D eigenvalue weighted by atomic mass is 16.5. The number of ether oxygens (including phenoxy) is 1. The van der Waals surface area contributed by atoms with Crippen LogP contribution in [0.15, 0.2) is 34.4 Å². The largest absolute Gasteiger partial charge is 0.396 e. The normalized spacial score (nSPS) is 36.6. The van der Waals surface area contributed by atoms with Gasteiger partial charge in [0.1, 0.15) is 0 Å². The van der Waals surface area contributed by atoms with E-state index in [1.165, 1.54) is 11.1 Å². The summed E-state index contributed by atoms with van der Waals surface area (Å²) >= 11 is 0. The SMILES string of the molecule is CC1(C)CC=C(C2=CC(C(N)=O)=C(C3CC4CCC(CO)(O4)C3CO)CC2)CC1. The fourth-order valence-corrected chi connectivity index (χ4v) is 6.00. The zero-order valence-electron chi connectivity index (χ0n) is 17.7. The maximum absolute atomic E-state index is 12.4. The van der Waals surface area contributed by atoms with Crippen molar-refractivity contribution in [2.24, 2.45) is 23.0 Å². The van der Waals surface area contributed by atoms with Crippen molar-refractivity contribution >= 4 is 5.91 Å². The lowest BCUT2D eigenvalue weighted by Crippen LogP contribution is -2.51. The number of rotatable bonds is 5. The van der Waals surface area contributed by atoms with Crippen LogP contribution in [0.25, 0.3) is 0 Å². The topological polar surface area (TPSA) is 92.8 Å². The second kappa shape index (κ2) is 7.68. The second-order valence-electron chi connectivity index (χ2n) is 10.2. The number of hydrogen-bond donors (Lipinski definition) is 3. The smallest absolute Gasteiger partial charge is 0.248 e. The zero-order chi connectivity index (χ0) is 20.8. The first-order valence-electron chi connectivity index (χ1n) is 11.1. The van der Waals surface area contributed by atoms with Crippen LogP contribution in [0.4, 0.5) is 0 Å². The van der Waals surface area contributed by atoms with Crippen LogP contribution in [0.2, 0.25) is 0 Å². The lowest BCUT2D eigenvalue weighted by atomic mass is 9.68. The Hall–Kier alpha value is -1.43. The van der Waals surface area contributed by atoms with Crippen molar-refractivity contribution < 1.29 is 19.7 Å². The number of allylic oxidation sites excluding steroid dienone is 4. The van der Waals surface area contributed by atoms with Gasteiger partial charge in [0.15, 0.2) is 0 Å². The van der Waals surface area contributed by atoms with E-state index in [2.05, 4.69) is 19.9 Å². The van der Waals surface area contributed by atoms with Gasteiger partial charge in [-0.2, -0.15) is 0 Å². The number of carbonyl (C=O) groups excluding carboxylic acids is 1. The monoisotopic (exact) mass is 401 g/mol. The van der Waals surface area contributed by atoms with E-state index in [1.54, 1.807) is 0 Å². The second-order valence-corrected chi connectivity index (χ2v) is 10.2. The fourth-order valence-electron chi connectivity index (χ4n) is 6.00. The van der Waals surface area contributed by atoms with E-state index < -0.39 is 5.60 Å². The molecule has 4 atom stereocenters. The summed E-state index contributed by atoms with van der Waals surface area (Å²) in [4.78, 5) is 12.4. The molecule has 0 aromatic heterocycles. The molecular weight excluding hydrogens is 366 g/mol. The highest BCUT2D eigenvalue weighted by Gasteiger charge is 2.54. The Labute approximate surface area is 173 Å². The van der Waals surface area contributed by atoms with Crippen molar-refractivity contribution in [1.29, 1.82) is 0 Å². The average molecular weight is 402 g/mol. The van der Waals surface area contributed by atoms with Gasteiger partial charge in [-0.15, -0.1) is 0 Å². The molecule has 2 aliphatic heterocycles. The Morgan fingerprint density at radius 1 is 1.21 bits per heavy atom. The minimum atomic E-state index is -0.681. The molecule has 0 saturated carbocycles. The fraction of sp³-hybridized carbons (Fsp3) is 0.708. The van der Waals surface area contributed by atoms with Crippen LogP contribution in [-0.2, 0) is 9.53 Å². The van der Waals surface area contributed by atoms with Crippen LogP contribution in [0, 0.1) is 17.3 Å². The number of carbonyl (C=O) groups is 1. The molecule has 2 saturated heterocycles. The Kier molecular flexibility index (Phi) is 5.51. The third kappa shape index (κ3) is 3.73. The molecule has 0 aromatic rings. The van der Waals surface area contributed by atoms with Gasteiger partial charge in [-0.1, -0.05) is 25.5 Å². The van der Waals surface area contributed by atoms with Gasteiger partial charge >= 0.3 is 0 Å². The van der Waals surface area contributed by atoms with Crippen LogP contribution in [-0.4, -0.2) is 41.0 Å². The van der Waals surface area contributed by atoms with E-state index in [1.807, 2.05) is 6.08 Å². The quantitative estimate of drug-likeness (QED) is 0.660. The molecule has 4 N–H and O–H groups in total. The van der Waals surface area contributed by atoms with Crippen molar-refractivity contribution in [1.82, 2.24) is 0 Å². The number of hydrogen-bond acceptors (Lipinski definition) is 4. The van der Waals surface area contributed by atoms with Gasteiger partial charge in [0, 0.05) is 18.1 Å². The summed E-state index contributed by atoms with van der Waals surface area (Å²) in [6, 6.07) is 0. The predicted molar refractivity (Wildman–Crippen MR) is 112 cm³/mol. The van der Waals surface area contributed by atoms with E-state index in [0.29, 0.717) is 11.0 Å². The number of aliphatic hydroxyl groups excluding tert-OH is 2. The molecule has 0 spiro atoms. The summed E-state index contributed by atoms with van der Waals surface area (Å²) in [5.41, 5.74) is 9.78. The molecule has 5 heteroatoms. The van der Waals surface area contributed by atoms with Crippen LogP contribution in [0.3, 0.4) is 0 Å². The van der Waals surface area contributed by atoms with Crippen molar-refractivity contribution in [3.05, 3.63) is 34.4 Å². The molecule has 29 heavy (non-hydrogen) atoms. The van der Waals surface area contributed by atoms with Gasteiger partial charge in [-0.05, 0) is 79.9 Å². The molecule has 2 fully saturated rings. The van der Waals surface area contributed by atoms with E-state index >= 15 is 0 Å². The van der Waals surface area contributed by atoms with Gasteiger partial charge in [0.05, 0.1) is 18.3 Å². The summed E-state index contributed by atoms with van der Waals surface area (Å²) in [7, 11) is 0. The van der Waals surface area contributed by atoms with Crippen molar-refractivity contribution in [3.8, 4) is 0 Å². The molecule has 0 radical (unpaired) electrons. The summed E-state index contributed by atoms with van der Waals surface area (Å²) in [6.45, 7) is 4.46. The first kappa shape index (κ1) is 20.8. The molecule has 5 nitrogen and oxygen atoms in total. The Morgan fingerprint density at radius 3 is 2.62 bits per heavy atom. The maximum Gasteiger partial charge on any atom is 0.248 e. The third-order valence-electron chi connectivity index (χ3n) is 7.86. The number of amides is 1. The van der Waals surface area contributed by atoms with E-state index in [0.717, 1.165) is 56.9 Å². The Bertz CT molecular complexity index is 778. The number of aliphatic hydroxyl groups is 2. The van der Waals surface area contributed by atoms with Crippen LogP contribution in [0.5, 0.6) is 0 Å². The molecule has 2 aliphatic carbocycles.